The minimum Gasteiger partial charge on any atom is -0.494 e. The van der Waals surface area contributed by atoms with Crippen LogP contribution in [0.5, 0.6) is 5.75 Å². The van der Waals surface area contributed by atoms with Gasteiger partial charge in [0.15, 0.2) is 5.11 Å². The smallest absolute Gasteiger partial charge is 0.257 e. The van der Waals surface area contributed by atoms with E-state index >= 15 is 0 Å². The number of ether oxygens (including phenoxy) is 2. The van der Waals surface area contributed by atoms with E-state index in [1.54, 1.807) is 24.3 Å². The molecule has 2 amide bonds. The summed E-state index contributed by atoms with van der Waals surface area (Å²) in [5, 5.41) is 2.51. The van der Waals surface area contributed by atoms with Crippen LogP contribution >= 0.6 is 12.2 Å². The van der Waals surface area contributed by atoms with E-state index in [-0.39, 0.29) is 23.3 Å². The Morgan fingerprint density at radius 1 is 1.04 bits per heavy atom. The summed E-state index contributed by atoms with van der Waals surface area (Å²) in [5.41, 5.74) is 5.32. The van der Waals surface area contributed by atoms with Crippen LogP contribution < -0.4 is 20.9 Å². The van der Waals surface area contributed by atoms with E-state index in [1.165, 1.54) is 0 Å². The maximum absolute atomic E-state index is 12.1. The number of thiocarbonyl (C=S) groups is 1. The van der Waals surface area contributed by atoms with Gasteiger partial charge in [-0.3, -0.25) is 25.8 Å². The van der Waals surface area contributed by atoms with Crippen LogP contribution in [-0.2, 0) is 9.53 Å². The van der Waals surface area contributed by atoms with E-state index in [0.717, 1.165) is 25.0 Å². The Morgan fingerprint density at radius 2 is 1.77 bits per heavy atom. The Bertz CT molecular complexity index is 578. The second-order valence-corrected chi connectivity index (χ2v) is 5.89. The van der Waals surface area contributed by atoms with Crippen molar-refractivity contribution < 1.29 is 19.1 Å². The Labute approximate surface area is 159 Å². The normalized spacial score (nSPS) is 10.1. The molecule has 0 radical (unpaired) electrons. The number of amides is 2. The number of hydrazine groups is 1. The lowest BCUT2D eigenvalue weighted by Crippen LogP contribution is -2.48. The van der Waals surface area contributed by atoms with Gasteiger partial charge in [-0.15, -0.1) is 0 Å². The lowest BCUT2D eigenvalue weighted by Gasteiger charge is -2.11. The van der Waals surface area contributed by atoms with Crippen molar-refractivity contribution in [3.8, 4) is 5.75 Å². The fourth-order valence-corrected chi connectivity index (χ4v) is 2.09. The van der Waals surface area contributed by atoms with E-state index in [0.29, 0.717) is 25.4 Å². The van der Waals surface area contributed by atoms with Gasteiger partial charge in [0.2, 0.25) is 5.91 Å². The minimum atomic E-state index is -0.372. The first-order chi connectivity index (χ1) is 12.6. The van der Waals surface area contributed by atoms with Crippen molar-refractivity contribution >= 4 is 29.1 Å². The summed E-state index contributed by atoms with van der Waals surface area (Å²) in [6, 6.07) is 6.81. The molecule has 0 fully saturated rings. The number of benzene rings is 1. The quantitative estimate of drug-likeness (QED) is 0.327. The molecule has 0 heterocycles. The van der Waals surface area contributed by atoms with Crippen molar-refractivity contribution in [3.63, 3.8) is 0 Å². The third-order valence-corrected chi connectivity index (χ3v) is 3.56. The second kappa shape index (κ2) is 13.1. The SMILES string of the molecule is CCCCCOc1ccc(C(=O)NC(=S)NNC(=O)CCOCC)cc1. The van der Waals surface area contributed by atoms with E-state index in [4.69, 9.17) is 21.7 Å². The van der Waals surface area contributed by atoms with Crippen LogP contribution in [0.2, 0.25) is 0 Å². The van der Waals surface area contributed by atoms with Gasteiger partial charge in [0.1, 0.15) is 5.75 Å². The fraction of sp³-hybridized carbons (Fsp3) is 0.500. The van der Waals surface area contributed by atoms with Gasteiger partial charge in [-0.1, -0.05) is 19.8 Å². The summed E-state index contributed by atoms with van der Waals surface area (Å²) < 4.78 is 10.7. The first-order valence-electron chi connectivity index (χ1n) is 8.77. The van der Waals surface area contributed by atoms with Gasteiger partial charge in [0.05, 0.1) is 19.6 Å². The van der Waals surface area contributed by atoms with Crippen molar-refractivity contribution in [2.24, 2.45) is 0 Å². The highest BCUT2D eigenvalue weighted by atomic mass is 32.1. The summed E-state index contributed by atoms with van der Waals surface area (Å²) >= 11 is 4.98. The van der Waals surface area contributed by atoms with Gasteiger partial charge < -0.3 is 9.47 Å². The summed E-state index contributed by atoms with van der Waals surface area (Å²) in [7, 11) is 0. The molecule has 0 bridgehead atoms. The third kappa shape index (κ3) is 9.33. The van der Waals surface area contributed by atoms with Gasteiger partial charge >= 0.3 is 0 Å². The summed E-state index contributed by atoms with van der Waals surface area (Å²) in [6.07, 6.45) is 3.49. The molecule has 26 heavy (non-hydrogen) atoms. The Kier molecular flexibility index (Phi) is 11.0. The first kappa shape index (κ1) is 21.9. The molecule has 1 aromatic carbocycles. The fourth-order valence-electron chi connectivity index (χ4n) is 1.95. The van der Waals surface area contributed by atoms with Gasteiger partial charge in [0, 0.05) is 12.2 Å². The van der Waals surface area contributed by atoms with Gasteiger partial charge in [-0.2, -0.15) is 0 Å². The average molecular weight is 381 g/mol. The average Bonchev–Trinajstić information content (AvgIpc) is 2.64. The highest BCUT2D eigenvalue weighted by Gasteiger charge is 2.09. The standard InChI is InChI=1S/C18H27N3O4S/c1-3-5-6-12-25-15-9-7-14(8-10-15)17(23)19-18(26)21-20-16(22)11-13-24-4-2/h7-10H,3-6,11-13H2,1-2H3,(H,20,22)(H2,19,21,23,26). The Balaban J connectivity index is 2.33. The zero-order valence-corrected chi connectivity index (χ0v) is 16.1. The zero-order chi connectivity index (χ0) is 19.2. The monoisotopic (exact) mass is 381 g/mol. The lowest BCUT2D eigenvalue weighted by molar-refractivity contribution is -0.122. The molecule has 0 atom stereocenters. The molecule has 1 aromatic rings. The minimum absolute atomic E-state index is 0.0136. The Morgan fingerprint density at radius 3 is 2.42 bits per heavy atom. The largest absolute Gasteiger partial charge is 0.494 e. The molecule has 8 heteroatoms. The topological polar surface area (TPSA) is 88.7 Å². The second-order valence-electron chi connectivity index (χ2n) is 5.48. The van der Waals surface area contributed by atoms with Gasteiger partial charge in [-0.25, -0.2) is 0 Å². The highest BCUT2D eigenvalue weighted by Crippen LogP contribution is 2.12. The van der Waals surface area contributed by atoms with Crippen molar-refractivity contribution in [1.82, 2.24) is 16.2 Å². The van der Waals surface area contributed by atoms with E-state index in [1.807, 2.05) is 6.92 Å². The lowest BCUT2D eigenvalue weighted by atomic mass is 10.2. The van der Waals surface area contributed by atoms with Crippen molar-refractivity contribution in [1.29, 1.82) is 0 Å². The van der Waals surface area contributed by atoms with Crippen LogP contribution in [0.15, 0.2) is 24.3 Å². The molecular formula is C18H27N3O4S. The van der Waals surface area contributed by atoms with Crippen LogP contribution in [0.4, 0.5) is 0 Å². The van der Waals surface area contributed by atoms with Crippen LogP contribution in [-0.4, -0.2) is 36.7 Å². The number of hydrogen-bond donors (Lipinski definition) is 3. The van der Waals surface area contributed by atoms with Gasteiger partial charge in [0.25, 0.3) is 5.91 Å². The number of rotatable bonds is 10. The van der Waals surface area contributed by atoms with Crippen LogP contribution in [0.1, 0.15) is 49.9 Å². The van der Waals surface area contributed by atoms with Crippen LogP contribution in [0.3, 0.4) is 0 Å². The summed E-state index contributed by atoms with van der Waals surface area (Å²) in [6.45, 7) is 5.54. The predicted octanol–water partition coefficient (Wildman–Crippen LogP) is 2.32. The molecule has 0 aliphatic rings. The summed E-state index contributed by atoms with van der Waals surface area (Å²) in [5.74, 6) is 0.0724. The molecule has 0 aromatic heterocycles. The third-order valence-electron chi connectivity index (χ3n) is 3.35. The molecule has 0 aliphatic heterocycles. The van der Waals surface area contributed by atoms with E-state index in [9.17, 15) is 9.59 Å². The number of carbonyl (C=O) groups excluding carboxylic acids is 2. The maximum Gasteiger partial charge on any atom is 0.257 e. The van der Waals surface area contributed by atoms with Crippen molar-refractivity contribution in [3.05, 3.63) is 29.8 Å². The molecule has 3 N–H and O–H groups in total. The summed E-state index contributed by atoms with van der Waals surface area (Å²) in [4.78, 5) is 23.6. The Hall–Kier alpha value is -2.19. The molecular weight excluding hydrogens is 354 g/mol. The molecule has 0 saturated carbocycles. The molecule has 0 saturated heterocycles. The van der Waals surface area contributed by atoms with Gasteiger partial charge in [-0.05, 0) is 49.8 Å². The highest BCUT2D eigenvalue weighted by molar-refractivity contribution is 7.80. The number of carbonyl (C=O) groups is 2. The zero-order valence-electron chi connectivity index (χ0n) is 15.3. The van der Waals surface area contributed by atoms with Crippen molar-refractivity contribution in [2.45, 2.75) is 39.5 Å². The number of hydrogen-bond acceptors (Lipinski definition) is 5. The van der Waals surface area contributed by atoms with E-state index in [2.05, 4.69) is 23.1 Å². The maximum atomic E-state index is 12.1. The molecule has 0 unspecified atom stereocenters. The van der Waals surface area contributed by atoms with Crippen LogP contribution in [0, 0.1) is 0 Å². The van der Waals surface area contributed by atoms with Crippen LogP contribution in [0.25, 0.3) is 0 Å². The molecule has 7 nitrogen and oxygen atoms in total. The first-order valence-corrected chi connectivity index (χ1v) is 9.18. The molecule has 1 rings (SSSR count). The molecule has 0 aliphatic carbocycles. The molecule has 0 spiro atoms. The van der Waals surface area contributed by atoms with E-state index < -0.39 is 0 Å². The number of nitrogens with one attached hydrogen (secondary N) is 3. The molecule has 144 valence electrons. The van der Waals surface area contributed by atoms with Crippen molar-refractivity contribution in [2.75, 3.05) is 19.8 Å². The predicted molar refractivity (Wildman–Crippen MR) is 104 cm³/mol. The number of unbranched alkanes of at least 4 members (excludes halogenated alkanes) is 2.